The molecule has 0 bridgehead atoms. The molecule has 9 heteroatoms. The molecule has 8 nitrogen and oxygen atoms in total. The Bertz CT molecular complexity index is 913. The molecule has 2 aromatic rings. The van der Waals surface area contributed by atoms with E-state index in [1.54, 1.807) is 12.0 Å². The fourth-order valence-corrected chi connectivity index (χ4v) is 2.35. The maximum Gasteiger partial charge on any atom is 0.414 e. The van der Waals surface area contributed by atoms with Crippen molar-refractivity contribution >= 4 is 38.9 Å². The van der Waals surface area contributed by atoms with Gasteiger partial charge in [-0.1, -0.05) is 0 Å². The van der Waals surface area contributed by atoms with E-state index in [-0.39, 0.29) is 19.0 Å². The Morgan fingerprint density at radius 2 is 2.12 bits per heavy atom. The van der Waals surface area contributed by atoms with E-state index >= 15 is 0 Å². The summed E-state index contributed by atoms with van der Waals surface area (Å²) in [4.78, 5) is 34.1. The molecular weight excluding hydrogens is 398 g/mol. The molecule has 1 aromatic heterocycles. The van der Waals surface area contributed by atoms with Gasteiger partial charge in [0.2, 0.25) is 0 Å². The van der Waals surface area contributed by atoms with Crippen LogP contribution in [-0.2, 0) is 20.9 Å². The molecule has 0 unspecified atom stereocenters. The van der Waals surface area contributed by atoms with Crippen molar-refractivity contribution in [3.8, 4) is 18.1 Å². The van der Waals surface area contributed by atoms with Crippen molar-refractivity contribution in [2.24, 2.45) is 0 Å². The van der Waals surface area contributed by atoms with Gasteiger partial charge in [0.1, 0.15) is 17.9 Å². The number of hydrogen-bond donors (Lipinski definition) is 1. The standard InChI is InChI=1S/C16H12BrNO7/c1-3-14(19)18-16(21)23-7-9-4-15(20)25-12-6-13(24-8-22-2)11(17)5-10(9)12/h1,4-6H,7-8H2,2H3,(H,18,19,21). The van der Waals surface area contributed by atoms with Crippen LogP contribution >= 0.6 is 15.9 Å². The van der Waals surface area contributed by atoms with Crippen molar-refractivity contribution in [2.45, 2.75) is 6.61 Å². The summed E-state index contributed by atoms with van der Waals surface area (Å²) in [5.74, 6) is 1.20. The molecule has 1 N–H and O–H groups in total. The number of ether oxygens (including phenoxy) is 3. The second-order valence-electron chi connectivity index (χ2n) is 4.59. The van der Waals surface area contributed by atoms with Crippen molar-refractivity contribution in [2.75, 3.05) is 13.9 Å². The van der Waals surface area contributed by atoms with Gasteiger partial charge in [-0.15, -0.1) is 6.42 Å². The first-order chi connectivity index (χ1) is 11.9. The van der Waals surface area contributed by atoms with E-state index in [4.69, 9.17) is 25.1 Å². The summed E-state index contributed by atoms with van der Waals surface area (Å²) >= 11 is 3.34. The third kappa shape index (κ3) is 4.82. The summed E-state index contributed by atoms with van der Waals surface area (Å²) in [6, 6.07) is 4.33. The highest BCUT2D eigenvalue weighted by Crippen LogP contribution is 2.31. The van der Waals surface area contributed by atoms with Gasteiger partial charge >= 0.3 is 17.6 Å². The molecule has 2 amide bonds. The monoisotopic (exact) mass is 409 g/mol. The number of nitrogens with one attached hydrogen (secondary N) is 1. The molecule has 1 aromatic carbocycles. The number of carbonyl (C=O) groups is 2. The first-order valence-electron chi connectivity index (χ1n) is 6.77. The van der Waals surface area contributed by atoms with Gasteiger partial charge in [0.15, 0.2) is 6.79 Å². The largest absolute Gasteiger partial charge is 0.466 e. The Balaban J connectivity index is 2.29. The van der Waals surface area contributed by atoms with Crippen LogP contribution < -0.4 is 15.7 Å². The SMILES string of the molecule is C#CC(=O)NC(=O)OCc1cc(=O)oc2cc(OCOC)c(Br)cc12. The van der Waals surface area contributed by atoms with Gasteiger partial charge < -0.3 is 18.6 Å². The maximum absolute atomic E-state index is 11.7. The molecule has 0 saturated carbocycles. The molecular formula is C16H12BrNO7. The number of benzene rings is 1. The zero-order valence-corrected chi connectivity index (χ0v) is 14.5. The van der Waals surface area contributed by atoms with Crippen molar-refractivity contribution in [1.82, 2.24) is 5.32 Å². The molecule has 130 valence electrons. The van der Waals surface area contributed by atoms with E-state index in [1.807, 2.05) is 5.32 Å². The summed E-state index contributed by atoms with van der Waals surface area (Å²) in [6.07, 6.45) is 3.81. The van der Waals surface area contributed by atoms with Crippen LogP contribution in [0.25, 0.3) is 11.0 Å². The van der Waals surface area contributed by atoms with Crippen LogP contribution in [0.2, 0.25) is 0 Å². The van der Waals surface area contributed by atoms with Crippen LogP contribution in [0.3, 0.4) is 0 Å². The molecule has 0 atom stereocenters. The molecule has 0 aliphatic carbocycles. The number of alkyl carbamates (subject to hydrolysis) is 1. The van der Waals surface area contributed by atoms with Crippen LogP contribution in [-0.4, -0.2) is 25.9 Å². The average Bonchev–Trinajstić information content (AvgIpc) is 2.58. The smallest absolute Gasteiger partial charge is 0.414 e. The third-order valence-corrected chi connectivity index (χ3v) is 3.54. The number of terminal acetylenes is 1. The molecule has 1 heterocycles. The minimum atomic E-state index is -1.02. The van der Waals surface area contributed by atoms with E-state index in [0.29, 0.717) is 21.2 Å². The molecule has 0 saturated heterocycles. The highest BCUT2D eigenvalue weighted by molar-refractivity contribution is 9.10. The molecule has 2 rings (SSSR count). The minimum Gasteiger partial charge on any atom is -0.466 e. The van der Waals surface area contributed by atoms with Crippen LogP contribution in [0.4, 0.5) is 4.79 Å². The molecule has 0 spiro atoms. The lowest BCUT2D eigenvalue weighted by Crippen LogP contribution is -2.29. The summed E-state index contributed by atoms with van der Waals surface area (Å²) in [5.41, 5.74) is -0.0136. The van der Waals surface area contributed by atoms with Gasteiger partial charge in [-0.25, -0.2) is 9.59 Å². The summed E-state index contributed by atoms with van der Waals surface area (Å²) in [6.45, 7) is -0.253. The molecule has 0 aliphatic rings. The predicted octanol–water partition coefficient (Wildman–Crippen LogP) is 1.92. The fraction of sp³-hybridized carbons (Fsp3) is 0.188. The Kier molecular flexibility index (Phi) is 6.16. The van der Waals surface area contributed by atoms with Gasteiger partial charge in [0.25, 0.3) is 0 Å². The molecule has 0 aliphatic heterocycles. The molecule has 0 radical (unpaired) electrons. The zero-order chi connectivity index (χ0) is 18.4. The van der Waals surface area contributed by atoms with Crippen molar-refractivity contribution in [3.05, 3.63) is 38.7 Å². The predicted molar refractivity (Wildman–Crippen MR) is 89.8 cm³/mol. The van der Waals surface area contributed by atoms with E-state index in [1.165, 1.54) is 19.2 Å². The number of fused-ring (bicyclic) bond motifs is 1. The number of imide groups is 1. The second-order valence-corrected chi connectivity index (χ2v) is 5.45. The zero-order valence-electron chi connectivity index (χ0n) is 13.0. The normalized spacial score (nSPS) is 10.1. The lowest BCUT2D eigenvalue weighted by Gasteiger charge is -2.10. The van der Waals surface area contributed by atoms with Gasteiger partial charge in [0.05, 0.1) is 4.47 Å². The first-order valence-corrected chi connectivity index (χ1v) is 7.56. The minimum absolute atomic E-state index is 0.0144. The van der Waals surface area contributed by atoms with Crippen LogP contribution in [0.15, 0.2) is 31.9 Å². The van der Waals surface area contributed by atoms with Gasteiger partial charge in [0, 0.05) is 30.2 Å². The average molecular weight is 410 g/mol. The van der Waals surface area contributed by atoms with Gasteiger partial charge in [-0.2, -0.15) is 0 Å². The molecule has 25 heavy (non-hydrogen) atoms. The molecule has 0 fully saturated rings. The number of hydrogen-bond acceptors (Lipinski definition) is 7. The second kappa shape index (κ2) is 8.32. The Morgan fingerprint density at radius 1 is 1.36 bits per heavy atom. The maximum atomic E-state index is 11.7. The first kappa shape index (κ1) is 18.5. The summed E-state index contributed by atoms with van der Waals surface area (Å²) < 4.78 is 20.8. The highest BCUT2D eigenvalue weighted by atomic mass is 79.9. The quantitative estimate of drug-likeness (QED) is 0.456. The van der Waals surface area contributed by atoms with Crippen LogP contribution in [0.5, 0.6) is 5.75 Å². The number of amides is 2. The van der Waals surface area contributed by atoms with Crippen molar-refractivity contribution < 1.29 is 28.2 Å². The fourth-order valence-electron chi connectivity index (χ4n) is 1.89. The lowest BCUT2D eigenvalue weighted by molar-refractivity contribution is -0.115. The number of halogens is 1. The van der Waals surface area contributed by atoms with E-state index in [9.17, 15) is 14.4 Å². The summed E-state index contributed by atoms with van der Waals surface area (Å²) in [5, 5.41) is 2.35. The van der Waals surface area contributed by atoms with E-state index < -0.39 is 17.6 Å². The Hall–Kier alpha value is -2.83. The Morgan fingerprint density at radius 3 is 2.80 bits per heavy atom. The van der Waals surface area contributed by atoms with Crippen molar-refractivity contribution in [1.29, 1.82) is 0 Å². The number of carbonyl (C=O) groups excluding carboxylic acids is 2. The third-order valence-electron chi connectivity index (χ3n) is 2.92. The summed E-state index contributed by atoms with van der Waals surface area (Å²) in [7, 11) is 1.47. The number of methoxy groups -OCH3 is 1. The van der Waals surface area contributed by atoms with E-state index in [0.717, 1.165) is 0 Å². The van der Waals surface area contributed by atoms with E-state index in [2.05, 4.69) is 15.9 Å². The van der Waals surface area contributed by atoms with Gasteiger partial charge in [-0.05, 0) is 27.9 Å². The van der Waals surface area contributed by atoms with Crippen molar-refractivity contribution in [3.63, 3.8) is 0 Å². The lowest BCUT2D eigenvalue weighted by atomic mass is 10.1. The van der Waals surface area contributed by atoms with Crippen LogP contribution in [0.1, 0.15) is 5.56 Å². The Labute approximate surface area is 150 Å². The van der Waals surface area contributed by atoms with Gasteiger partial charge in [-0.3, -0.25) is 10.1 Å². The van der Waals surface area contributed by atoms with Crippen LogP contribution in [0, 0.1) is 12.3 Å². The topological polar surface area (TPSA) is 104 Å². The highest BCUT2D eigenvalue weighted by Gasteiger charge is 2.13. The number of rotatable bonds is 5.